The van der Waals surface area contributed by atoms with Crippen molar-refractivity contribution in [2.75, 3.05) is 24.5 Å². The van der Waals surface area contributed by atoms with Gasteiger partial charge in [0, 0.05) is 31.5 Å². The average Bonchev–Trinajstić information content (AvgIpc) is 2.99. The number of hydrogen-bond donors (Lipinski definition) is 1. The fraction of sp³-hybridized carbons (Fsp3) is 0.300. The molecule has 4 rings (SSSR count). The van der Waals surface area contributed by atoms with Gasteiger partial charge in [-0.25, -0.2) is 4.98 Å². The van der Waals surface area contributed by atoms with E-state index in [0.29, 0.717) is 12.2 Å². The van der Waals surface area contributed by atoms with Crippen LogP contribution in [0, 0.1) is 6.92 Å². The second kappa shape index (κ2) is 6.59. The molecule has 0 saturated carbocycles. The molecule has 0 radical (unpaired) electrons. The van der Waals surface area contributed by atoms with E-state index >= 15 is 0 Å². The van der Waals surface area contributed by atoms with Gasteiger partial charge in [-0.1, -0.05) is 24.3 Å². The molecule has 1 aliphatic heterocycles. The van der Waals surface area contributed by atoms with Gasteiger partial charge < -0.3 is 14.6 Å². The molecule has 5 heteroatoms. The van der Waals surface area contributed by atoms with E-state index < -0.39 is 0 Å². The molecular weight excluding hydrogens is 312 g/mol. The second-order valence-electron chi connectivity index (χ2n) is 6.45. The molecule has 25 heavy (non-hydrogen) atoms. The molecule has 0 bridgehead atoms. The Balaban J connectivity index is 1.42. The molecule has 0 saturated heterocycles. The summed E-state index contributed by atoms with van der Waals surface area (Å²) in [4.78, 5) is 19.3. The van der Waals surface area contributed by atoms with E-state index in [9.17, 15) is 4.79 Å². The fourth-order valence-electron chi connectivity index (χ4n) is 3.57. The molecule has 1 amide bonds. The summed E-state index contributed by atoms with van der Waals surface area (Å²) < 4.78 is 1.94. The first-order chi connectivity index (χ1) is 12.2. The highest BCUT2D eigenvalue weighted by atomic mass is 16.1. The maximum atomic E-state index is 12.5. The summed E-state index contributed by atoms with van der Waals surface area (Å²) in [7, 11) is 0. The molecule has 0 aliphatic carbocycles. The van der Waals surface area contributed by atoms with Crippen molar-refractivity contribution < 1.29 is 4.79 Å². The standard InChI is InChI=1S/C20H22N4O/c1-15-19(22-18-10-4-5-13-24(15)18)20(25)21-11-14-23-12-6-8-16-7-2-3-9-17(16)23/h2-5,7,9-10,13H,6,8,11-12,14H2,1H3,(H,21,25). The highest BCUT2D eigenvalue weighted by Crippen LogP contribution is 2.26. The van der Waals surface area contributed by atoms with Crippen molar-refractivity contribution in [1.29, 1.82) is 0 Å². The zero-order valence-electron chi connectivity index (χ0n) is 14.4. The third kappa shape index (κ3) is 2.97. The summed E-state index contributed by atoms with van der Waals surface area (Å²) in [5.74, 6) is -0.105. The van der Waals surface area contributed by atoms with Crippen LogP contribution in [0.3, 0.4) is 0 Å². The van der Waals surface area contributed by atoms with Crippen LogP contribution in [0.1, 0.15) is 28.2 Å². The molecule has 1 N–H and O–H groups in total. The Morgan fingerprint density at radius 1 is 1.20 bits per heavy atom. The van der Waals surface area contributed by atoms with Crippen LogP contribution in [0.2, 0.25) is 0 Å². The highest BCUT2D eigenvalue weighted by Gasteiger charge is 2.18. The number of fused-ring (bicyclic) bond motifs is 2. The molecule has 0 spiro atoms. The average molecular weight is 334 g/mol. The van der Waals surface area contributed by atoms with Crippen LogP contribution in [0.5, 0.6) is 0 Å². The smallest absolute Gasteiger partial charge is 0.271 e. The van der Waals surface area contributed by atoms with Crippen molar-refractivity contribution in [2.45, 2.75) is 19.8 Å². The predicted octanol–water partition coefficient (Wildman–Crippen LogP) is 2.83. The highest BCUT2D eigenvalue weighted by molar-refractivity contribution is 5.94. The molecule has 1 aliphatic rings. The van der Waals surface area contributed by atoms with Gasteiger partial charge in [-0.2, -0.15) is 0 Å². The minimum absolute atomic E-state index is 0.105. The summed E-state index contributed by atoms with van der Waals surface area (Å²) >= 11 is 0. The molecular formula is C20H22N4O. The zero-order chi connectivity index (χ0) is 17.2. The minimum Gasteiger partial charge on any atom is -0.370 e. The number of nitrogens with one attached hydrogen (secondary N) is 1. The van der Waals surface area contributed by atoms with Crippen LogP contribution < -0.4 is 10.2 Å². The molecule has 3 heterocycles. The largest absolute Gasteiger partial charge is 0.370 e. The van der Waals surface area contributed by atoms with E-state index in [4.69, 9.17) is 0 Å². The first-order valence-corrected chi connectivity index (χ1v) is 8.79. The lowest BCUT2D eigenvalue weighted by Crippen LogP contribution is -2.37. The SMILES string of the molecule is Cc1c(C(=O)NCCN2CCCc3ccccc32)nc2ccccn12. The molecule has 1 aromatic carbocycles. The number of amides is 1. The molecule has 128 valence electrons. The van der Waals surface area contributed by atoms with Crippen LogP contribution in [-0.4, -0.2) is 34.9 Å². The van der Waals surface area contributed by atoms with E-state index in [1.165, 1.54) is 11.3 Å². The van der Waals surface area contributed by atoms with Gasteiger partial charge in [0.15, 0.2) is 0 Å². The maximum Gasteiger partial charge on any atom is 0.271 e. The quantitative estimate of drug-likeness (QED) is 0.798. The van der Waals surface area contributed by atoms with Gasteiger partial charge in [0.05, 0.1) is 5.69 Å². The number of anilines is 1. The Morgan fingerprint density at radius 3 is 2.92 bits per heavy atom. The molecule has 0 fully saturated rings. The van der Waals surface area contributed by atoms with Crippen molar-refractivity contribution in [3.8, 4) is 0 Å². The number of pyridine rings is 1. The summed E-state index contributed by atoms with van der Waals surface area (Å²) in [5.41, 5.74) is 4.87. The lowest BCUT2D eigenvalue weighted by molar-refractivity contribution is 0.0949. The van der Waals surface area contributed by atoms with Gasteiger partial charge in [-0.3, -0.25) is 4.79 Å². The van der Waals surface area contributed by atoms with Crippen LogP contribution >= 0.6 is 0 Å². The van der Waals surface area contributed by atoms with E-state index in [1.54, 1.807) is 0 Å². The summed E-state index contributed by atoms with van der Waals surface area (Å²) in [6.07, 6.45) is 4.23. The van der Waals surface area contributed by atoms with Crippen molar-refractivity contribution in [3.63, 3.8) is 0 Å². The Hall–Kier alpha value is -2.82. The van der Waals surface area contributed by atoms with Crippen LogP contribution in [-0.2, 0) is 6.42 Å². The third-order valence-corrected chi connectivity index (χ3v) is 4.86. The number of nitrogens with zero attached hydrogens (tertiary/aromatic N) is 3. The molecule has 5 nitrogen and oxygen atoms in total. The summed E-state index contributed by atoms with van der Waals surface area (Å²) in [6.45, 7) is 4.39. The molecule has 0 unspecified atom stereocenters. The van der Waals surface area contributed by atoms with Crippen LogP contribution in [0.4, 0.5) is 5.69 Å². The van der Waals surface area contributed by atoms with Gasteiger partial charge in [-0.15, -0.1) is 0 Å². The molecule has 2 aromatic heterocycles. The lowest BCUT2D eigenvalue weighted by atomic mass is 10.0. The number of para-hydroxylation sites is 1. The summed E-state index contributed by atoms with van der Waals surface area (Å²) in [5, 5.41) is 3.02. The van der Waals surface area contributed by atoms with Gasteiger partial charge in [0.25, 0.3) is 5.91 Å². The summed E-state index contributed by atoms with van der Waals surface area (Å²) in [6, 6.07) is 14.3. The number of aryl methyl sites for hydroxylation is 2. The van der Waals surface area contributed by atoms with Gasteiger partial charge >= 0.3 is 0 Å². The number of hydrogen-bond acceptors (Lipinski definition) is 3. The zero-order valence-corrected chi connectivity index (χ0v) is 14.4. The number of carbonyl (C=O) groups is 1. The van der Waals surface area contributed by atoms with Crippen LogP contribution in [0.25, 0.3) is 5.65 Å². The second-order valence-corrected chi connectivity index (χ2v) is 6.45. The van der Waals surface area contributed by atoms with E-state index in [0.717, 1.165) is 37.3 Å². The minimum atomic E-state index is -0.105. The Bertz CT molecular complexity index is 915. The lowest BCUT2D eigenvalue weighted by Gasteiger charge is -2.31. The van der Waals surface area contributed by atoms with Gasteiger partial charge in [0.2, 0.25) is 0 Å². The normalized spacial score (nSPS) is 13.7. The molecule has 0 atom stereocenters. The number of imidazole rings is 1. The van der Waals surface area contributed by atoms with Crippen molar-refractivity contribution in [1.82, 2.24) is 14.7 Å². The van der Waals surface area contributed by atoms with Gasteiger partial charge in [-0.05, 0) is 43.5 Å². The Labute approximate surface area is 147 Å². The monoisotopic (exact) mass is 334 g/mol. The van der Waals surface area contributed by atoms with Gasteiger partial charge in [0.1, 0.15) is 11.3 Å². The first-order valence-electron chi connectivity index (χ1n) is 8.79. The number of benzene rings is 1. The van der Waals surface area contributed by atoms with E-state index in [-0.39, 0.29) is 5.91 Å². The predicted molar refractivity (Wildman–Crippen MR) is 99.2 cm³/mol. The molecule has 3 aromatic rings. The topological polar surface area (TPSA) is 49.6 Å². The van der Waals surface area contributed by atoms with Crippen molar-refractivity contribution in [2.24, 2.45) is 0 Å². The number of rotatable bonds is 4. The van der Waals surface area contributed by atoms with E-state index in [2.05, 4.69) is 39.5 Å². The van der Waals surface area contributed by atoms with Crippen molar-refractivity contribution >= 4 is 17.2 Å². The third-order valence-electron chi connectivity index (χ3n) is 4.86. The Kier molecular flexibility index (Phi) is 4.14. The maximum absolute atomic E-state index is 12.5. The Morgan fingerprint density at radius 2 is 2.04 bits per heavy atom. The number of carbonyl (C=O) groups excluding carboxylic acids is 1. The first kappa shape index (κ1) is 15.7. The number of aromatic nitrogens is 2. The van der Waals surface area contributed by atoms with Crippen LogP contribution in [0.15, 0.2) is 48.7 Å². The van der Waals surface area contributed by atoms with Crippen molar-refractivity contribution in [3.05, 3.63) is 65.6 Å². The van der Waals surface area contributed by atoms with E-state index in [1.807, 2.05) is 35.7 Å². The fourth-order valence-corrected chi connectivity index (χ4v) is 3.57.